The Bertz CT molecular complexity index is 610. The summed E-state index contributed by atoms with van der Waals surface area (Å²) >= 11 is 14.1. The van der Waals surface area contributed by atoms with E-state index in [9.17, 15) is 4.79 Å². The summed E-state index contributed by atoms with van der Waals surface area (Å²) in [5, 5.41) is 0.696. The Morgan fingerprint density at radius 2 is 1.79 bits per heavy atom. The smallest absolute Gasteiger partial charge is 0.353 e. The van der Waals surface area contributed by atoms with E-state index in [1.807, 2.05) is 13.8 Å². The number of carbonyl (C=O) groups excluding carboxylic acids is 1. The van der Waals surface area contributed by atoms with Gasteiger partial charge in [0, 0.05) is 9.50 Å². The van der Waals surface area contributed by atoms with E-state index < -0.39 is 0 Å². The largest absolute Gasteiger partial charge is 0.422 e. The summed E-state index contributed by atoms with van der Waals surface area (Å²) in [6.07, 6.45) is 0. The second kappa shape index (κ2) is 5.95. The molecule has 0 atom stereocenters. The number of benzene rings is 1. The van der Waals surface area contributed by atoms with Gasteiger partial charge in [0.2, 0.25) is 0 Å². The Labute approximate surface area is 137 Å². The van der Waals surface area contributed by atoms with E-state index in [2.05, 4.69) is 31.9 Å². The van der Waals surface area contributed by atoms with Crippen LogP contribution in [0.15, 0.2) is 26.5 Å². The molecule has 0 N–H and O–H groups in total. The first-order chi connectivity index (χ1) is 8.88. The molecule has 0 unspecified atom stereocenters. The minimum atomic E-state index is -0.377. The lowest BCUT2D eigenvalue weighted by Crippen LogP contribution is -2.06. The molecular formula is C13H9Br2ClO2S. The molecule has 100 valence electrons. The molecular weight excluding hydrogens is 415 g/mol. The molecule has 6 heteroatoms. The van der Waals surface area contributed by atoms with Crippen LogP contribution in [0.3, 0.4) is 0 Å². The molecule has 2 nitrogen and oxygen atoms in total. The zero-order valence-electron chi connectivity index (χ0n) is 10.1. The fourth-order valence-electron chi connectivity index (χ4n) is 1.57. The fraction of sp³-hybridized carbons (Fsp3) is 0.154. The molecule has 0 aliphatic heterocycles. The van der Waals surface area contributed by atoms with Gasteiger partial charge in [-0.05, 0) is 75.0 Å². The van der Waals surface area contributed by atoms with Crippen LogP contribution in [0, 0.1) is 13.8 Å². The lowest BCUT2D eigenvalue weighted by molar-refractivity contribution is 0.0739. The van der Waals surface area contributed by atoms with Crippen molar-refractivity contribution in [3.8, 4) is 5.75 Å². The van der Waals surface area contributed by atoms with Crippen LogP contribution in [0.1, 0.15) is 20.8 Å². The molecule has 0 radical (unpaired) electrons. The number of aryl methyl sites for hydroxylation is 2. The maximum absolute atomic E-state index is 12.0. The molecule has 0 bridgehead atoms. The number of carbonyl (C=O) groups is 1. The van der Waals surface area contributed by atoms with Crippen molar-refractivity contribution < 1.29 is 9.53 Å². The molecule has 19 heavy (non-hydrogen) atoms. The van der Waals surface area contributed by atoms with Crippen molar-refractivity contribution in [3.05, 3.63) is 47.5 Å². The summed E-state index contributed by atoms with van der Waals surface area (Å²) in [5.41, 5.74) is 1.77. The maximum Gasteiger partial charge on any atom is 0.353 e. The number of halogens is 3. The lowest BCUT2D eigenvalue weighted by Gasteiger charge is -2.07. The molecule has 0 saturated heterocycles. The van der Waals surface area contributed by atoms with Crippen molar-refractivity contribution in [2.75, 3.05) is 0 Å². The standard InChI is InChI=1S/C13H9Br2ClO2S/c1-6-3-8(4-7(2)11(6)16)18-13(17)10-5-9(14)12(15)19-10/h3-5H,1-2H3. The van der Waals surface area contributed by atoms with Crippen molar-refractivity contribution in [2.45, 2.75) is 13.8 Å². The van der Waals surface area contributed by atoms with Gasteiger partial charge in [-0.3, -0.25) is 0 Å². The predicted octanol–water partition coefficient (Wildman–Crippen LogP) is 5.76. The zero-order valence-corrected chi connectivity index (χ0v) is 14.8. The van der Waals surface area contributed by atoms with Crippen LogP contribution in [0.4, 0.5) is 0 Å². The maximum atomic E-state index is 12.0. The Hall–Kier alpha value is -0.360. The molecule has 2 rings (SSSR count). The number of ether oxygens (including phenoxy) is 1. The zero-order chi connectivity index (χ0) is 14.2. The van der Waals surface area contributed by atoms with Gasteiger partial charge in [-0.25, -0.2) is 4.79 Å². The van der Waals surface area contributed by atoms with Crippen LogP contribution in [0.25, 0.3) is 0 Å². The number of hydrogen-bond donors (Lipinski definition) is 0. The Balaban J connectivity index is 2.24. The first-order valence-electron chi connectivity index (χ1n) is 5.32. The first-order valence-corrected chi connectivity index (χ1v) is 8.10. The molecule has 0 amide bonds. The molecule has 1 aromatic heterocycles. The Morgan fingerprint density at radius 3 is 2.26 bits per heavy atom. The summed E-state index contributed by atoms with van der Waals surface area (Å²) in [4.78, 5) is 12.5. The van der Waals surface area contributed by atoms with Crippen molar-refractivity contribution >= 4 is 60.8 Å². The van der Waals surface area contributed by atoms with E-state index in [0.717, 1.165) is 19.4 Å². The topological polar surface area (TPSA) is 26.3 Å². The van der Waals surface area contributed by atoms with E-state index in [-0.39, 0.29) is 5.97 Å². The van der Waals surface area contributed by atoms with Gasteiger partial charge in [-0.1, -0.05) is 11.6 Å². The van der Waals surface area contributed by atoms with Crippen LogP contribution in [0.5, 0.6) is 5.75 Å². The number of hydrogen-bond acceptors (Lipinski definition) is 3. The van der Waals surface area contributed by atoms with Gasteiger partial charge in [-0.15, -0.1) is 11.3 Å². The first kappa shape index (κ1) is 15.0. The quantitative estimate of drug-likeness (QED) is 0.452. The normalized spacial score (nSPS) is 10.6. The van der Waals surface area contributed by atoms with E-state index >= 15 is 0 Å². The SMILES string of the molecule is Cc1cc(OC(=O)c2cc(Br)c(Br)s2)cc(C)c1Cl. The summed E-state index contributed by atoms with van der Waals surface area (Å²) in [6.45, 7) is 3.76. The average molecular weight is 425 g/mol. The average Bonchev–Trinajstić information content (AvgIpc) is 2.66. The van der Waals surface area contributed by atoms with Crippen molar-refractivity contribution in [3.63, 3.8) is 0 Å². The second-order valence-electron chi connectivity index (χ2n) is 3.99. The Kier molecular flexibility index (Phi) is 4.71. The van der Waals surface area contributed by atoms with Crippen LogP contribution < -0.4 is 4.74 Å². The molecule has 0 aliphatic rings. The van der Waals surface area contributed by atoms with Gasteiger partial charge in [0.1, 0.15) is 10.6 Å². The highest BCUT2D eigenvalue weighted by Gasteiger charge is 2.15. The highest BCUT2D eigenvalue weighted by molar-refractivity contribution is 9.13. The van der Waals surface area contributed by atoms with Crippen molar-refractivity contribution in [2.24, 2.45) is 0 Å². The third-order valence-corrected chi connectivity index (χ3v) is 6.30. The predicted molar refractivity (Wildman–Crippen MR) is 85.6 cm³/mol. The summed E-state index contributed by atoms with van der Waals surface area (Å²) in [6, 6.07) is 5.24. The molecule has 2 aromatic rings. The molecule has 1 heterocycles. The van der Waals surface area contributed by atoms with Gasteiger partial charge in [-0.2, -0.15) is 0 Å². The molecule has 0 spiro atoms. The van der Waals surface area contributed by atoms with Crippen molar-refractivity contribution in [1.29, 1.82) is 0 Å². The second-order valence-corrected chi connectivity index (χ2v) is 7.60. The van der Waals surface area contributed by atoms with Crippen molar-refractivity contribution in [1.82, 2.24) is 0 Å². The third-order valence-electron chi connectivity index (χ3n) is 2.47. The molecule has 1 aromatic carbocycles. The minimum Gasteiger partial charge on any atom is -0.422 e. The number of esters is 1. The number of rotatable bonds is 2. The van der Waals surface area contributed by atoms with Crippen LogP contribution in [-0.4, -0.2) is 5.97 Å². The summed E-state index contributed by atoms with van der Waals surface area (Å²) < 4.78 is 7.06. The highest BCUT2D eigenvalue weighted by Crippen LogP contribution is 2.33. The van der Waals surface area contributed by atoms with Crippen LogP contribution >= 0.6 is 54.8 Å². The minimum absolute atomic E-state index is 0.377. The van der Waals surface area contributed by atoms with Gasteiger partial charge < -0.3 is 4.74 Å². The molecule has 0 aliphatic carbocycles. The van der Waals surface area contributed by atoms with Crippen LogP contribution in [0.2, 0.25) is 5.02 Å². The van der Waals surface area contributed by atoms with Crippen LogP contribution in [-0.2, 0) is 0 Å². The lowest BCUT2D eigenvalue weighted by atomic mass is 10.1. The summed E-state index contributed by atoms with van der Waals surface area (Å²) in [5.74, 6) is 0.127. The monoisotopic (exact) mass is 422 g/mol. The highest BCUT2D eigenvalue weighted by atomic mass is 79.9. The van der Waals surface area contributed by atoms with E-state index in [1.54, 1.807) is 18.2 Å². The summed E-state index contributed by atoms with van der Waals surface area (Å²) in [7, 11) is 0. The molecule has 0 fully saturated rings. The number of thiophene rings is 1. The van der Waals surface area contributed by atoms with Gasteiger partial charge in [0.15, 0.2) is 0 Å². The van der Waals surface area contributed by atoms with E-state index in [4.69, 9.17) is 16.3 Å². The molecule has 0 saturated carbocycles. The fourth-order valence-corrected chi connectivity index (χ4v) is 3.59. The van der Waals surface area contributed by atoms with E-state index in [0.29, 0.717) is 15.6 Å². The third kappa shape index (κ3) is 3.40. The van der Waals surface area contributed by atoms with Gasteiger partial charge >= 0.3 is 5.97 Å². The van der Waals surface area contributed by atoms with Gasteiger partial charge in [0.25, 0.3) is 0 Å². The van der Waals surface area contributed by atoms with E-state index in [1.165, 1.54) is 11.3 Å². The van der Waals surface area contributed by atoms with Gasteiger partial charge in [0.05, 0.1) is 3.79 Å². The Morgan fingerprint density at radius 1 is 1.21 bits per heavy atom.